The topological polar surface area (TPSA) is 40.5 Å². The first-order chi connectivity index (χ1) is 7.95. The van der Waals surface area contributed by atoms with Gasteiger partial charge in [0.1, 0.15) is 0 Å². The first-order valence-electron chi connectivity index (χ1n) is 6.71. The largest absolute Gasteiger partial charge is 0.341 e. The van der Waals surface area contributed by atoms with Crippen LogP contribution >= 0.6 is 17.9 Å². The summed E-state index contributed by atoms with van der Waals surface area (Å²) in [7, 11) is -0.289. The third-order valence-electron chi connectivity index (χ3n) is 3.05. The standard InChI is InChI=1S/C12H29O2PS2/c1-4-7-9-12(6-3)11-17(10-8-5-2)15(13,14)16/h12-14,16H,4-11H2,1-3H3. The minimum Gasteiger partial charge on any atom is -0.341 e. The van der Waals surface area contributed by atoms with Gasteiger partial charge in [-0.25, -0.2) is 0 Å². The fourth-order valence-electron chi connectivity index (χ4n) is 1.79. The molecule has 0 aromatic rings. The molecule has 0 aromatic carbocycles. The molecule has 2 unspecified atom stereocenters. The molecule has 0 heterocycles. The highest BCUT2D eigenvalue weighted by Gasteiger charge is 2.15. The summed E-state index contributed by atoms with van der Waals surface area (Å²) in [6, 6.07) is 0. The summed E-state index contributed by atoms with van der Waals surface area (Å²) in [4.78, 5) is 19.6. The molecule has 0 saturated heterocycles. The van der Waals surface area contributed by atoms with Crippen molar-refractivity contribution in [3.63, 3.8) is 0 Å². The van der Waals surface area contributed by atoms with Crippen LogP contribution in [0.15, 0.2) is 0 Å². The van der Waals surface area contributed by atoms with Gasteiger partial charge in [-0.05, 0) is 30.3 Å². The SMILES string of the molecule is CCCCC(CC)CS(CCCC)=P(O)(O)S. The highest BCUT2D eigenvalue weighted by molar-refractivity contribution is 8.65. The van der Waals surface area contributed by atoms with Crippen molar-refractivity contribution in [1.82, 2.24) is 0 Å². The summed E-state index contributed by atoms with van der Waals surface area (Å²) in [5.41, 5.74) is -2.93. The Bertz CT molecular complexity index is 243. The Morgan fingerprint density at radius 2 is 1.71 bits per heavy atom. The van der Waals surface area contributed by atoms with E-state index in [-0.39, 0.29) is 10.1 Å². The summed E-state index contributed by atoms with van der Waals surface area (Å²) in [6.07, 6.45) is 7.02. The molecule has 2 atom stereocenters. The molecule has 2 N–H and O–H groups in total. The zero-order chi connectivity index (χ0) is 13.3. The highest BCUT2D eigenvalue weighted by atomic mass is 32.9. The van der Waals surface area contributed by atoms with Gasteiger partial charge in [-0.15, -0.1) is 10.1 Å². The zero-order valence-electron chi connectivity index (χ0n) is 11.4. The maximum Gasteiger partial charge on any atom is 0.198 e. The van der Waals surface area contributed by atoms with Crippen molar-refractivity contribution in [3.8, 4) is 0 Å². The van der Waals surface area contributed by atoms with Crippen LogP contribution in [0.2, 0.25) is 0 Å². The maximum absolute atomic E-state index is 9.82. The minimum atomic E-state index is -2.93. The van der Waals surface area contributed by atoms with Crippen LogP contribution in [0.3, 0.4) is 0 Å². The van der Waals surface area contributed by atoms with E-state index < -0.39 is 5.69 Å². The summed E-state index contributed by atoms with van der Waals surface area (Å²) in [6.45, 7) is 6.55. The molecule has 0 radical (unpaired) electrons. The van der Waals surface area contributed by atoms with Gasteiger partial charge in [0.15, 0.2) is 5.69 Å². The molecular formula is C12H29O2PS2. The van der Waals surface area contributed by atoms with E-state index in [0.717, 1.165) is 30.8 Å². The van der Waals surface area contributed by atoms with Crippen molar-refractivity contribution < 1.29 is 9.79 Å². The average Bonchev–Trinajstić information content (AvgIpc) is 2.26. The zero-order valence-corrected chi connectivity index (χ0v) is 14.0. The predicted molar refractivity (Wildman–Crippen MR) is 85.7 cm³/mol. The van der Waals surface area contributed by atoms with Crippen LogP contribution < -0.4 is 0 Å². The van der Waals surface area contributed by atoms with E-state index in [2.05, 4.69) is 33.0 Å². The lowest BCUT2D eigenvalue weighted by atomic mass is 10.0. The Hall–Kier alpha value is 1.05. The first kappa shape index (κ1) is 18.0. The number of hydrogen-bond donors (Lipinski definition) is 3. The molecule has 0 saturated carbocycles. The summed E-state index contributed by atoms with van der Waals surface area (Å²) >= 11 is 4.06. The first-order valence-corrected chi connectivity index (χ1v) is 11.7. The second-order valence-electron chi connectivity index (χ2n) is 4.62. The molecule has 17 heavy (non-hydrogen) atoms. The van der Waals surface area contributed by atoms with Gasteiger partial charge in [0.05, 0.1) is 0 Å². The van der Waals surface area contributed by atoms with E-state index in [9.17, 15) is 9.79 Å². The lowest BCUT2D eigenvalue weighted by Gasteiger charge is -2.21. The van der Waals surface area contributed by atoms with E-state index in [1.165, 1.54) is 19.3 Å². The minimum absolute atomic E-state index is 0.289. The Kier molecular flexibility index (Phi) is 10.5. The van der Waals surface area contributed by atoms with Crippen LogP contribution in [-0.4, -0.2) is 21.3 Å². The van der Waals surface area contributed by atoms with Gasteiger partial charge < -0.3 is 9.79 Å². The van der Waals surface area contributed by atoms with E-state index in [0.29, 0.717) is 5.92 Å². The fourth-order valence-corrected chi connectivity index (χ4v) is 7.66. The number of unbranched alkanes of at least 4 members (excludes halogenated alkanes) is 2. The molecule has 0 aliphatic heterocycles. The Morgan fingerprint density at radius 1 is 1.12 bits per heavy atom. The lowest BCUT2D eigenvalue weighted by molar-refractivity contribution is 0.493. The van der Waals surface area contributed by atoms with Crippen molar-refractivity contribution in [2.75, 3.05) is 11.5 Å². The predicted octanol–water partition coefficient (Wildman–Crippen LogP) is 4.21. The van der Waals surface area contributed by atoms with Gasteiger partial charge in [0.25, 0.3) is 0 Å². The summed E-state index contributed by atoms with van der Waals surface area (Å²) in [5, 5.41) is 0. The Labute approximate surface area is 114 Å². The van der Waals surface area contributed by atoms with Crippen LogP contribution in [-0.2, 0) is 10.1 Å². The molecule has 0 amide bonds. The molecule has 106 valence electrons. The molecule has 0 bridgehead atoms. The maximum atomic E-state index is 9.82. The number of hydrogen-bond acceptors (Lipinski definition) is 0. The van der Waals surface area contributed by atoms with Gasteiger partial charge in [-0.3, -0.25) is 0 Å². The van der Waals surface area contributed by atoms with Crippen LogP contribution in [0, 0.1) is 5.92 Å². The molecule has 0 spiro atoms. The van der Waals surface area contributed by atoms with Crippen LogP contribution in [0.5, 0.6) is 0 Å². The van der Waals surface area contributed by atoms with Gasteiger partial charge in [0, 0.05) is 0 Å². The van der Waals surface area contributed by atoms with Gasteiger partial charge >= 0.3 is 0 Å². The Morgan fingerprint density at radius 3 is 2.12 bits per heavy atom. The normalized spacial score (nSPS) is 15.9. The number of thiol groups is 1. The highest BCUT2D eigenvalue weighted by Crippen LogP contribution is 2.48. The molecule has 0 fully saturated rings. The molecule has 0 rings (SSSR count). The molecule has 0 aliphatic rings. The van der Waals surface area contributed by atoms with Gasteiger partial charge in [-0.2, -0.15) is 0 Å². The van der Waals surface area contributed by atoms with Crippen molar-refractivity contribution in [2.45, 2.75) is 59.3 Å². The van der Waals surface area contributed by atoms with Crippen molar-refractivity contribution in [1.29, 1.82) is 0 Å². The molecule has 0 aromatic heterocycles. The third kappa shape index (κ3) is 8.72. The summed E-state index contributed by atoms with van der Waals surface area (Å²) < 4.78 is 0. The van der Waals surface area contributed by atoms with Crippen molar-refractivity contribution in [2.24, 2.45) is 5.92 Å². The van der Waals surface area contributed by atoms with E-state index >= 15 is 0 Å². The van der Waals surface area contributed by atoms with Crippen LogP contribution in [0.4, 0.5) is 0 Å². The third-order valence-corrected chi connectivity index (χ3v) is 10.5. The van der Waals surface area contributed by atoms with Crippen molar-refractivity contribution in [3.05, 3.63) is 0 Å². The van der Waals surface area contributed by atoms with E-state index in [4.69, 9.17) is 0 Å². The second kappa shape index (κ2) is 9.91. The van der Waals surface area contributed by atoms with Gasteiger partial charge in [0.2, 0.25) is 0 Å². The number of rotatable bonds is 9. The van der Waals surface area contributed by atoms with Crippen LogP contribution in [0.25, 0.3) is 0 Å². The molecule has 5 heteroatoms. The van der Waals surface area contributed by atoms with Crippen LogP contribution in [0.1, 0.15) is 59.3 Å². The average molecular weight is 300 g/mol. The fraction of sp³-hybridized carbons (Fsp3) is 1.00. The van der Waals surface area contributed by atoms with Gasteiger partial charge in [-0.1, -0.05) is 58.7 Å². The quantitative estimate of drug-likeness (QED) is 0.441. The van der Waals surface area contributed by atoms with Crippen molar-refractivity contribution >= 4 is 28.0 Å². The molecule has 2 nitrogen and oxygen atoms in total. The lowest BCUT2D eigenvalue weighted by Crippen LogP contribution is -2.13. The Balaban J connectivity index is 4.51. The summed E-state index contributed by atoms with van der Waals surface area (Å²) in [5.74, 6) is 2.53. The monoisotopic (exact) mass is 300 g/mol. The molecular weight excluding hydrogens is 271 g/mol. The molecule has 0 aliphatic carbocycles. The smallest absolute Gasteiger partial charge is 0.198 e. The van der Waals surface area contributed by atoms with E-state index in [1.807, 2.05) is 0 Å². The van der Waals surface area contributed by atoms with E-state index in [1.54, 1.807) is 0 Å². The second-order valence-corrected chi connectivity index (χ2v) is 12.9.